The van der Waals surface area contributed by atoms with Gasteiger partial charge in [0, 0.05) is 31.0 Å². The smallest absolute Gasteiger partial charge is 0.160 e. The highest BCUT2D eigenvalue weighted by Crippen LogP contribution is 2.30. The number of nitrogens with two attached hydrogens (primary N) is 1. The lowest BCUT2D eigenvalue weighted by Gasteiger charge is -2.22. The van der Waals surface area contributed by atoms with Gasteiger partial charge >= 0.3 is 0 Å². The van der Waals surface area contributed by atoms with Crippen molar-refractivity contribution in [1.29, 1.82) is 0 Å². The van der Waals surface area contributed by atoms with E-state index in [2.05, 4.69) is 5.16 Å². The van der Waals surface area contributed by atoms with Gasteiger partial charge in [-0.05, 0) is 57.2 Å². The van der Waals surface area contributed by atoms with Crippen LogP contribution in [0.4, 0.5) is 0 Å². The van der Waals surface area contributed by atoms with Crippen LogP contribution >= 0.6 is 0 Å². The average Bonchev–Trinajstić information content (AvgIpc) is 3.16. The Morgan fingerprint density at radius 2 is 2.00 bits per heavy atom. The van der Waals surface area contributed by atoms with Gasteiger partial charge in [-0.3, -0.25) is 0 Å². The number of ether oxygens (including phenoxy) is 2. The summed E-state index contributed by atoms with van der Waals surface area (Å²) in [5.41, 5.74) is 9.80. The number of nitrogens with zero attached hydrogens (tertiary/aromatic N) is 3. The molecule has 1 fully saturated rings. The third kappa shape index (κ3) is 5.32. The SMILES string of the molecule is Cc1noc(C)c1-c1cc(CC2CCOCC2)nc(-c2cccc(OC[C@@H](O)CN)c2)n1. The van der Waals surface area contributed by atoms with Crippen LogP contribution in [-0.2, 0) is 11.2 Å². The predicted molar refractivity (Wildman–Crippen MR) is 120 cm³/mol. The van der Waals surface area contributed by atoms with Crippen molar-refractivity contribution in [2.24, 2.45) is 11.7 Å². The number of aryl methyl sites for hydroxylation is 2. The van der Waals surface area contributed by atoms with Gasteiger partial charge in [0.1, 0.15) is 24.2 Å². The van der Waals surface area contributed by atoms with Crippen LogP contribution in [0.2, 0.25) is 0 Å². The molecule has 32 heavy (non-hydrogen) atoms. The maximum absolute atomic E-state index is 9.69. The maximum atomic E-state index is 9.69. The summed E-state index contributed by atoms with van der Waals surface area (Å²) < 4.78 is 16.6. The molecule has 4 rings (SSSR count). The number of hydrogen-bond acceptors (Lipinski definition) is 8. The Morgan fingerprint density at radius 3 is 2.72 bits per heavy atom. The molecular weight excluding hydrogens is 408 g/mol. The van der Waals surface area contributed by atoms with E-state index in [9.17, 15) is 5.11 Å². The van der Waals surface area contributed by atoms with Crippen LogP contribution in [0.25, 0.3) is 22.6 Å². The number of aromatic nitrogens is 3. The van der Waals surface area contributed by atoms with Crippen LogP contribution < -0.4 is 10.5 Å². The van der Waals surface area contributed by atoms with E-state index in [1.807, 2.05) is 44.2 Å². The molecule has 1 aromatic carbocycles. The number of rotatable bonds is 8. The Bertz CT molecular complexity index is 1030. The minimum Gasteiger partial charge on any atom is -0.491 e. The van der Waals surface area contributed by atoms with E-state index in [4.69, 9.17) is 29.7 Å². The summed E-state index contributed by atoms with van der Waals surface area (Å²) in [5, 5.41) is 13.8. The Hall–Kier alpha value is -2.81. The summed E-state index contributed by atoms with van der Waals surface area (Å²) in [7, 11) is 0. The van der Waals surface area contributed by atoms with E-state index in [1.165, 1.54) is 0 Å². The van der Waals surface area contributed by atoms with Gasteiger partial charge in [0.05, 0.1) is 17.0 Å². The lowest BCUT2D eigenvalue weighted by atomic mass is 9.94. The van der Waals surface area contributed by atoms with Gasteiger partial charge in [-0.15, -0.1) is 0 Å². The fourth-order valence-corrected chi connectivity index (χ4v) is 3.94. The van der Waals surface area contributed by atoms with E-state index < -0.39 is 6.10 Å². The molecular formula is C24H30N4O4. The molecule has 3 aromatic rings. The molecule has 1 saturated heterocycles. The van der Waals surface area contributed by atoms with Gasteiger partial charge < -0.3 is 24.8 Å². The molecule has 1 aliphatic heterocycles. The van der Waals surface area contributed by atoms with Crippen molar-refractivity contribution in [2.45, 2.75) is 39.2 Å². The maximum Gasteiger partial charge on any atom is 0.160 e. The second-order valence-corrected chi connectivity index (χ2v) is 8.26. The van der Waals surface area contributed by atoms with Crippen molar-refractivity contribution >= 4 is 0 Å². The summed E-state index contributed by atoms with van der Waals surface area (Å²) in [6.07, 6.45) is 2.23. The van der Waals surface area contributed by atoms with Gasteiger partial charge in [-0.2, -0.15) is 0 Å². The highest BCUT2D eigenvalue weighted by atomic mass is 16.5. The first-order valence-corrected chi connectivity index (χ1v) is 11.0. The topological polar surface area (TPSA) is 117 Å². The van der Waals surface area contributed by atoms with Crippen LogP contribution in [0.3, 0.4) is 0 Å². The van der Waals surface area contributed by atoms with Gasteiger partial charge in [0.15, 0.2) is 5.82 Å². The van der Waals surface area contributed by atoms with Crippen molar-refractivity contribution in [1.82, 2.24) is 15.1 Å². The highest BCUT2D eigenvalue weighted by molar-refractivity contribution is 5.67. The van der Waals surface area contributed by atoms with Crippen molar-refractivity contribution in [2.75, 3.05) is 26.4 Å². The van der Waals surface area contributed by atoms with Crippen LogP contribution in [0.15, 0.2) is 34.9 Å². The van der Waals surface area contributed by atoms with Crippen LogP contribution in [0, 0.1) is 19.8 Å². The molecule has 0 amide bonds. The first kappa shape index (κ1) is 22.4. The number of benzene rings is 1. The normalized spacial score (nSPS) is 15.6. The van der Waals surface area contributed by atoms with Crippen LogP contribution in [0.5, 0.6) is 5.75 Å². The zero-order valence-electron chi connectivity index (χ0n) is 18.6. The van der Waals surface area contributed by atoms with Crippen molar-refractivity contribution in [3.8, 4) is 28.4 Å². The summed E-state index contributed by atoms with van der Waals surface area (Å²) in [5.74, 6) is 2.52. The average molecular weight is 439 g/mol. The lowest BCUT2D eigenvalue weighted by Crippen LogP contribution is -2.26. The Labute approximate surface area is 187 Å². The fraction of sp³-hybridized carbons (Fsp3) is 0.458. The van der Waals surface area contributed by atoms with Gasteiger partial charge in [0.25, 0.3) is 0 Å². The highest BCUT2D eigenvalue weighted by Gasteiger charge is 2.20. The molecule has 0 aliphatic carbocycles. The monoisotopic (exact) mass is 438 g/mol. The molecule has 1 atom stereocenters. The first-order chi connectivity index (χ1) is 15.5. The van der Waals surface area contributed by atoms with Gasteiger partial charge in [0.2, 0.25) is 0 Å². The minimum absolute atomic E-state index is 0.134. The van der Waals surface area contributed by atoms with Crippen LogP contribution in [-0.4, -0.2) is 52.7 Å². The third-order valence-electron chi connectivity index (χ3n) is 5.71. The molecule has 8 nitrogen and oxygen atoms in total. The molecule has 0 unspecified atom stereocenters. The van der Waals surface area contributed by atoms with Crippen molar-refractivity contribution < 1.29 is 19.1 Å². The second-order valence-electron chi connectivity index (χ2n) is 8.26. The third-order valence-corrected chi connectivity index (χ3v) is 5.71. The Balaban J connectivity index is 1.69. The Kier molecular flexibility index (Phi) is 7.14. The van der Waals surface area contributed by atoms with E-state index in [-0.39, 0.29) is 13.2 Å². The van der Waals surface area contributed by atoms with Crippen LogP contribution in [0.1, 0.15) is 30.0 Å². The molecule has 3 heterocycles. The molecule has 8 heteroatoms. The zero-order valence-corrected chi connectivity index (χ0v) is 18.6. The summed E-state index contributed by atoms with van der Waals surface area (Å²) in [6.45, 7) is 5.70. The van der Waals surface area contributed by atoms with E-state index >= 15 is 0 Å². The van der Waals surface area contributed by atoms with Crippen molar-refractivity contribution in [3.63, 3.8) is 0 Å². The zero-order chi connectivity index (χ0) is 22.5. The number of aliphatic hydroxyl groups excluding tert-OH is 1. The quantitative estimate of drug-likeness (QED) is 0.551. The number of aliphatic hydroxyl groups is 1. The van der Waals surface area contributed by atoms with Gasteiger partial charge in [-0.1, -0.05) is 17.3 Å². The summed E-state index contributed by atoms with van der Waals surface area (Å²) in [6, 6.07) is 9.62. The summed E-state index contributed by atoms with van der Waals surface area (Å²) in [4.78, 5) is 9.74. The molecule has 0 bridgehead atoms. The summed E-state index contributed by atoms with van der Waals surface area (Å²) >= 11 is 0. The van der Waals surface area contributed by atoms with Gasteiger partial charge in [-0.25, -0.2) is 9.97 Å². The first-order valence-electron chi connectivity index (χ1n) is 11.0. The second kappa shape index (κ2) is 10.2. The molecule has 170 valence electrons. The molecule has 0 radical (unpaired) electrons. The fourth-order valence-electron chi connectivity index (χ4n) is 3.94. The molecule has 3 N–H and O–H groups in total. The number of hydrogen-bond donors (Lipinski definition) is 2. The van der Waals surface area contributed by atoms with Crippen molar-refractivity contribution in [3.05, 3.63) is 47.5 Å². The molecule has 0 spiro atoms. The Morgan fingerprint density at radius 1 is 1.19 bits per heavy atom. The lowest BCUT2D eigenvalue weighted by molar-refractivity contribution is 0.0663. The standard InChI is InChI=1S/C24H30N4O4/c1-15-23(16(2)32-28-15)22-12-19(10-17-6-8-30-9-7-17)26-24(27-22)18-4-3-5-21(11-18)31-14-20(29)13-25/h3-5,11-12,17,20,29H,6-10,13-14,25H2,1-2H3/t20-/m0/s1. The van der Waals surface area contributed by atoms with E-state index in [1.54, 1.807) is 0 Å². The molecule has 0 saturated carbocycles. The molecule has 2 aromatic heterocycles. The minimum atomic E-state index is -0.705. The molecule has 1 aliphatic rings. The van der Waals surface area contributed by atoms with E-state index in [0.29, 0.717) is 17.5 Å². The van der Waals surface area contributed by atoms with E-state index in [0.717, 1.165) is 66.4 Å². The largest absolute Gasteiger partial charge is 0.491 e. The predicted octanol–water partition coefficient (Wildman–Crippen LogP) is 3.08.